The summed E-state index contributed by atoms with van der Waals surface area (Å²) in [5, 5.41) is 4.25. The first-order valence-electron chi connectivity index (χ1n) is 9.41. The number of aromatic nitrogens is 1. The number of fused-ring (bicyclic) bond motifs is 1. The third-order valence-electron chi connectivity index (χ3n) is 5.22. The Morgan fingerprint density at radius 2 is 1.84 bits per heavy atom. The molecular formula is C20H30N4O. The monoisotopic (exact) mass is 342 g/mol. The van der Waals surface area contributed by atoms with Gasteiger partial charge in [0.2, 0.25) is 5.91 Å². The predicted molar refractivity (Wildman–Crippen MR) is 103 cm³/mol. The molecule has 1 fully saturated rings. The number of hydrogen-bond acceptors (Lipinski definition) is 3. The first-order valence-corrected chi connectivity index (χ1v) is 9.41. The van der Waals surface area contributed by atoms with Gasteiger partial charge in [-0.25, -0.2) is 0 Å². The number of amides is 1. The van der Waals surface area contributed by atoms with Crippen molar-refractivity contribution in [3.05, 3.63) is 36.0 Å². The average molecular weight is 342 g/mol. The van der Waals surface area contributed by atoms with Crippen LogP contribution < -0.4 is 5.32 Å². The van der Waals surface area contributed by atoms with Gasteiger partial charge in [0.15, 0.2) is 0 Å². The van der Waals surface area contributed by atoms with Crippen molar-refractivity contribution in [1.29, 1.82) is 0 Å². The van der Waals surface area contributed by atoms with E-state index in [0.29, 0.717) is 6.42 Å². The van der Waals surface area contributed by atoms with E-state index in [1.165, 1.54) is 24.0 Å². The number of piperazine rings is 1. The molecule has 0 radical (unpaired) electrons. The summed E-state index contributed by atoms with van der Waals surface area (Å²) in [6, 6.07) is 8.25. The molecule has 2 aromatic rings. The highest BCUT2D eigenvalue weighted by molar-refractivity contribution is 5.89. The number of nitrogens with zero attached hydrogens (tertiary/aromatic N) is 3. The van der Waals surface area contributed by atoms with Crippen LogP contribution >= 0.6 is 0 Å². The van der Waals surface area contributed by atoms with E-state index in [9.17, 15) is 4.79 Å². The lowest BCUT2D eigenvalue weighted by Gasteiger charge is -2.33. The zero-order chi connectivity index (χ0) is 17.6. The summed E-state index contributed by atoms with van der Waals surface area (Å²) < 4.78 is 2.09. The molecule has 0 saturated carbocycles. The Balaban J connectivity index is 1.40. The van der Waals surface area contributed by atoms with Crippen molar-refractivity contribution in [2.45, 2.75) is 19.8 Å². The Labute approximate surface area is 150 Å². The van der Waals surface area contributed by atoms with Gasteiger partial charge in [-0.3, -0.25) is 4.79 Å². The van der Waals surface area contributed by atoms with Crippen LogP contribution in [0.5, 0.6) is 0 Å². The maximum absolute atomic E-state index is 12.3. The maximum atomic E-state index is 12.3. The molecule has 1 saturated heterocycles. The van der Waals surface area contributed by atoms with Gasteiger partial charge in [-0.05, 0) is 31.1 Å². The standard InChI is InChI=1S/C20H30N4O/c1-3-23-11-13-24(14-12-23)10-6-9-21-20(25)15-17-16-22(2)19-8-5-4-7-18(17)19/h4-5,7-8,16H,3,6,9-15H2,1-2H3,(H,21,25). The predicted octanol–water partition coefficient (Wildman–Crippen LogP) is 1.86. The van der Waals surface area contributed by atoms with E-state index in [2.05, 4.69) is 44.9 Å². The number of nitrogens with one attached hydrogen (secondary N) is 1. The van der Waals surface area contributed by atoms with Gasteiger partial charge >= 0.3 is 0 Å². The Morgan fingerprint density at radius 1 is 1.12 bits per heavy atom. The van der Waals surface area contributed by atoms with Gasteiger partial charge in [0.25, 0.3) is 0 Å². The molecule has 1 aromatic heterocycles. The molecule has 1 N–H and O–H groups in total. The Hall–Kier alpha value is -1.85. The van der Waals surface area contributed by atoms with E-state index in [1.807, 2.05) is 19.2 Å². The molecule has 136 valence electrons. The molecule has 2 heterocycles. The highest BCUT2D eigenvalue weighted by Gasteiger charge is 2.15. The Morgan fingerprint density at radius 3 is 2.60 bits per heavy atom. The zero-order valence-corrected chi connectivity index (χ0v) is 15.5. The van der Waals surface area contributed by atoms with Crippen LogP contribution in [0, 0.1) is 0 Å². The molecule has 0 aliphatic carbocycles. The number of carbonyl (C=O) groups excluding carboxylic acids is 1. The van der Waals surface area contributed by atoms with Gasteiger partial charge in [0, 0.05) is 56.9 Å². The van der Waals surface area contributed by atoms with Gasteiger partial charge in [0.05, 0.1) is 6.42 Å². The van der Waals surface area contributed by atoms with Crippen molar-refractivity contribution in [3.8, 4) is 0 Å². The number of carbonyl (C=O) groups is 1. The van der Waals surface area contributed by atoms with E-state index >= 15 is 0 Å². The van der Waals surface area contributed by atoms with E-state index in [1.54, 1.807) is 0 Å². The van der Waals surface area contributed by atoms with Crippen LogP contribution in [0.4, 0.5) is 0 Å². The van der Waals surface area contributed by atoms with E-state index in [-0.39, 0.29) is 5.91 Å². The highest BCUT2D eigenvalue weighted by atomic mass is 16.1. The number of rotatable bonds is 7. The Bertz CT molecular complexity index is 701. The van der Waals surface area contributed by atoms with Crippen LogP contribution in [0.2, 0.25) is 0 Å². The highest BCUT2D eigenvalue weighted by Crippen LogP contribution is 2.20. The van der Waals surface area contributed by atoms with Crippen molar-refractivity contribution in [2.24, 2.45) is 7.05 Å². The summed E-state index contributed by atoms with van der Waals surface area (Å²) >= 11 is 0. The fraction of sp³-hybridized carbons (Fsp3) is 0.550. The number of likely N-dealkylation sites (N-methyl/N-ethyl adjacent to an activating group) is 1. The van der Waals surface area contributed by atoms with Crippen LogP contribution in [0.25, 0.3) is 10.9 Å². The first-order chi connectivity index (χ1) is 12.2. The van der Waals surface area contributed by atoms with E-state index in [0.717, 1.165) is 44.7 Å². The average Bonchev–Trinajstić information content (AvgIpc) is 2.95. The summed E-state index contributed by atoms with van der Waals surface area (Å²) in [6.07, 6.45) is 3.54. The molecule has 25 heavy (non-hydrogen) atoms. The lowest BCUT2D eigenvalue weighted by atomic mass is 10.1. The summed E-state index contributed by atoms with van der Waals surface area (Å²) in [4.78, 5) is 17.2. The topological polar surface area (TPSA) is 40.5 Å². The second-order valence-corrected chi connectivity index (χ2v) is 6.94. The lowest BCUT2D eigenvalue weighted by molar-refractivity contribution is -0.120. The Kier molecular flexibility index (Phi) is 6.10. The van der Waals surface area contributed by atoms with Crippen molar-refractivity contribution < 1.29 is 4.79 Å². The van der Waals surface area contributed by atoms with Crippen LogP contribution in [0.3, 0.4) is 0 Å². The van der Waals surface area contributed by atoms with Crippen molar-refractivity contribution in [2.75, 3.05) is 45.8 Å². The minimum atomic E-state index is 0.118. The number of benzene rings is 1. The van der Waals surface area contributed by atoms with Crippen LogP contribution in [-0.4, -0.2) is 66.1 Å². The third kappa shape index (κ3) is 4.61. The molecule has 0 unspecified atom stereocenters. The molecule has 3 rings (SSSR count). The summed E-state index contributed by atoms with van der Waals surface area (Å²) in [7, 11) is 2.03. The molecule has 1 aliphatic rings. The number of hydrogen-bond donors (Lipinski definition) is 1. The SMILES string of the molecule is CCN1CCN(CCCNC(=O)Cc2cn(C)c3ccccc23)CC1. The third-order valence-corrected chi connectivity index (χ3v) is 5.22. The summed E-state index contributed by atoms with van der Waals surface area (Å²) in [5.41, 5.74) is 2.28. The molecule has 0 spiro atoms. The van der Waals surface area contributed by atoms with E-state index < -0.39 is 0 Å². The van der Waals surface area contributed by atoms with E-state index in [4.69, 9.17) is 0 Å². The molecule has 1 aromatic carbocycles. The molecule has 1 aliphatic heterocycles. The maximum Gasteiger partial charge on any atom is 0.224 e. The fourth-order valence-electron chi connectivity index (χ4n) is 3.66. The lowest BCUT2D eigenvalue weighted by Crippen LogP contribution is -2.46. The second-order valence-electron chi connectivity index (χ2n) is 6.94. The van der Waals surface area contributed by atoms with Gasteiger partial charge in [-0.1, -0.05) is 25.1 Å². The smallest absolute Gasteiger partial charge is 0.224 e. The van der Waals surface area contributed by atoms with Crippen molar-refractivity contribution >= 4 is 16.8 Å². The normalized spacial score (nSPS) is 16.4. The quantitative estimate of drug-likeness (QED) is 0.781. The second kappa shape index (κ2) is 8.50. The number of para-hydroxylation sites is 1. The van der Waals surface area contributed by atoms with Gasteiger partial charge in [-0.2, -0.15) is 0 Å². The minimum Gasteiger partial charge on any atom is -0.356 e. The molecule has 5 heteroatoms. The largest absolute Gasteiger partial charge is 0.356 e. The van der Waals surface area contributed by atoms with Gasteiger partial charge in [0.1, 0.15) is 0 Å². The van der Waals surface area contributed by atoms with Crippen LogP contribution in [0.15, 0.2) is 30.5 Å². The first kappa shape index (κ1) is 18.0. The van der Waals surface area contributed by atoms with Crippen molar-refractivity contribution in [1.82, 2.24) is 19.7 Å². The van der Waals surface area contributed by atoms with Crippen molar-refractivity contribution in [3.63, 3.8) is 0 Å². The number of aryl methyl sites for hydroxylation is 1. The molecule has 1 amide bonds. The molecule has 0 atom stereocenters. The van der Waals surface area contributed by atoms with Crippen LogP contribution in [-0.2, 0) is 18.3 Å². The summed E-state index contributed by atoms with van der Waals surface area (Å²) in [5.74, 6) is 0.118. The van der Waals surface area contributed by atoms with Gasteiger partial charge < -0.3 is 19.7 Å². The van der Waals surface area contributed by atoms with Crippen LogP contribution in [0.1, 0.15) is 18.9 Å². The molecular weight excluding hydrogens is 312 g/mol. The fourth-order valence-corrected chi connectivity index (χ4v) is 3.66. The molecule has 5 nitrogen and oxygen atoms in total. The minimum absolute atomic E-state index is 0.118. The van der Waals surface area contributed by atoms with Gasteiger partial charge in [-0.15, -0.1) is 0 Å². The molecule has 0 bridgehead atoms. The zero-order valence-electron chi connectivity index (χ0n) is 15.5. The summed E-state index contributed by atoms with van der Waals surface area (Å²) in [6.45, 7) is 9.85.